The van der Waals surface area contributed by atoms with Gasteiger partial charge in [-0.1, -0.05) is 12.1 Å². The molecular weight excluding hydrogens is 290 g/mol. The van der Waals surface area contributed by atoms with E-state index >= 15 is 0 Å². The van der Waals surface area contributed by atoms with Gasteiger partial charge in [-0.15, -0.1) is 0 Å². The summed E-state index contributed by atoms with van der Waals surface area (Å²) in [6.07, 6.45) is 4.28. The van der Waals surface area contributed by atoms with E-state index in [1.54, 1.807) is 0 Å². The number of aryl methyl sites for hydroxylation is 2. The van der Waals surface area contributed by atoms with Crippen molar-refractivity contribution in [2.24, 2.45) is 0 Å². The Morgan fingerprint density at radius 3 is 2.96 bits per heavy atom. The van der Waals surface area contributed by atoms with E-state index < -0.39 is 0 Å². The summed E-state index contributed by atoms with van der Waals surface area (Å²) in [5.41, 5.74) is 3.06. The van der Waals surface area contributed by atoms with E-state index in [0.717, 1.165) is 49.2 Å². The summed E-state index contributed by atoms with van der Waals surface area (Å²) in [5, 5.41) is 15.1. The number of unbranched alkanes of at least 4 members (excludes halogenated alkanes) is 1. The van der Waals surface area contributed by atoms with E-state index in [-0.39, 0.29) is 12.6 Å². The highest BCUT2D eigenvalue weighted by molar-refractivity contribution is 5.90. The van der Waals surface area contributed by atoms with Gasteiger partial charge in [0.15, 0.2) is 0 Å². The second-order valence-corrected chi connectivity index (χ2v) is 6.42. The lowest BCUT2D eigenvalue weighted by Crippen LogP contribution is -2.34. The van der Waals surface area contributed by atoms with Crippen molar-refractivity contribution in [3.05, 3.63) is 29.3 Å². The SMILES string of the molecule is Cc1ccc(C)c(NC(=O)NCCCCN2CCCC2CO)c1. The molecule has 0 radical (unpaired) electrons. The Morgan fingerprint density at radius 2 is 2.17 bits per heavy atom. The molecule has 5 nitrogen and oxygen atoms in total. The highest BCUT2D eigenvalue weighted by Gasteiger charge is 2.22. The summed E-state index contributed by atoms with van der Waals surface area (Å²) in [5.74, 6) is 0. The first-order chi connectivity index (χ1) is 11.1. The molecule has 1 unspecified atom stereocenters. The molecule has 1 aromatic rings. The first-order valence-electron chi connectivity index (χ1n) is 8.57. The summed E-state index contributed by atoms with van der Waals surface area (Å²) >= 11 is 0. The van der Waals surface area contributed by atoms with E-state index in [1.165, 1.54) is 6.42 Å². The van der Waals surface area contributed by atoms with Crippen LogP contribution in [0.4, 0.5) is 10.5 Å². The Balaban J connectivity index is 1.62. The van der Waals surface area contributed by atoms with E-state index in [1.807, 2.05) is 32.0 Å². The molecule has 0 spiro atoms. The van der Waals surface area contributed by atoms with Gasteiger partial charge in [-0.3, -0.25) is 4.90 Å². The third-order valence-corrected chi connectivity index (χ3v) is 4.51. The Labute approximate surface area is 139 Å². The van der Waals surface area contributed by atoms with Gasteiger partial charge in [-0.2, -0.15) is 0 Å². The average Bonchev–Trinajstić information content (AvgIpc) is 2.98. The van der Waals surface area contributed by atoms with Gasteiger partial charge >= 0.3 is 6.03 Å². The number of hydrogen-bond donors (Lipinski definition) is 3. The minimum Gasteiger partial charge on any atom is -0.395 e. The van der Waals surface area contributed by atoms with Crippen molar-refractivity contribution >= 4 is 11.7 Å². The van der Waals surface area contributed by atoms with Crippen molar-refractivity contribution in [3.63, 3.8) is 0 Å². The lowest BCUT2D eigenvalue weighted by atomic mass is 10.1. The molecule has 23 heavy (non-hydrogen) atoms. The number of carbonyl (C=O) groups is 1. The van der Waals surface area contributed by atoms with Crippen LogP contribution < -0.4 is 10.6 Å². The second kappa shape index (κ2) is 8.89. The minimum absolute atomic E-state index is 0.145. The van der Waals surface area contributed by atoms with Crippen LogP contribution in [0.5, 0.6) is 0 Å². The molecule has 0 aliphatic carbocycles. The molecule has 2 amide bonds. The van der Waals surface area contributed by atoms with Gasteiger partial charge in [0.1, 0.15) is 0 Å². The fourth-order valence-corrected chi connectivity index (χ4v) is 3.08. The van der Waals surface area contributed by atoms with E-state index in [4.69, 9.17) is 0 Å². The average molecular weight is 319 g/mol. The Bertz CT molecular complexity index is 519. The summed E-state index contributed by atoms with van der Waals surface area (Å²) in [7, 11) is 0. The molecule has 0 bridgehead atoms. The maximum atomic E-state index is 11.9. The molecule has 0 aromatic heterocycles. The van der Waals surface area contributed by atoms with Crippen LogP contribution >= 0.6 is 0 Å². The number of urea groups is 1. The molecule has 1 saturated heterocycles. The molecule has 2 rings (SSSR count). The standard InChI is InChI=1S/C18H29N3O2/c1-14-7-8-15(2)17(12-14)20-18(23)19-9-3-4-10-21-11-5-6-16(21)13-22/h7-8,12,16,22H,3-6,9-11,13H2,1-2H3,(H2,19,20,23). The molecule has 5 heteroatoms. The molecule has 128 valence electrons. The maximum absolute atomic E-state index is 11.9. The maximum Gasteiger partial charge on any atom is 0.319 e. The number of aliphatic hydroxyl groups excluding tert-OH is 1. The van der Waals surface area contributed by atoms with Crippen LogP contribution in [0.25, 0.3) is 0 Å². The van der Waals surface area contributed by atoms with Crippen LogP contribution in [-0.2, 0) is 0 Å². The van der Waals surface area contributed by atoms with Crippen LogP contribution in [0.15, 0.2) is 18.2 Å². The number of anilines is 1. The van der Waals surface area contributed by atoms with E-state index in [2.05, 4.69) is 15.5 Å². The van der Waals surface area contributed by atoms with E-state index in [0.29, 0.717) is 12.6 Å². The monoisotopic (exact) mass is 319 g/mol. The minimum atomic E-state index is -0.145. The summed E-state index contributed by atoms with van der Waals surface area (Å²) in [6, 6.07) is 6.23. The predicted molar refractivity (Wildman–Crippen MR) is 93.9 cm³/mol. The Kier molecular flexibility index (Phi) is 6.86. The topological polar surface area (TPSA) is 64.6 Å². The smallest absolute Gasteiger partial charge is 0.319 e. The number of rotatable bonds is 7. The van der Waals surface area contributed by atoms with Gasteiger partial charge in [0.2, 0.25) is 0 Å². The Morgan fingerprint density at radius 1 is 1.35 bits per heavy atom. The van der Waals surface area contributed by atoms with Crippen molar-refractivity contribution in [1.29, 1.82) is 0 Å². The van der Waals surface area contributed by atoms with Gasteiger partial charge in [0, 0.05) is 18.3 Å². The molecular formula is C18H29N3O2. The number of hydrogen-bond acceptors (Lipinski definition) is 3. The molecule has 1 heterocycles. The van der Waals surface area contributed by atoms with Gasteiger partial charge in [-0.25, -0.2) is 4.79 Å². The van der Waals surface area contributed by atoms with Crippen LogP contribution in [0.2, 0.25) is 0 Å². The van der Waals surface area contributed by atoms with E-state index in [9.17, 15) is 9.90 Å². The summed E-state index contributed by atoms with van der Waals surface area (Å²) in [4.78, 5) is 14.3. The zero-order valence-electron chi connectivity index (χ0n) is 14.3. The first-order valence-corrected chi connectivity index (χ1v) is 8.57. The second-order valence-electron chi connectivity index (χ2n) is 6.42. The Hall–Kier alpha value is -1.59. The largest absolute Gasteiger partial charge is 0.395 e. The first kappa shape index (κ1) is 17.8. The van der Waals surface area contributed by atoms with Gasteiger partial charge in [0.25, 0.3) is 0 Å². The number of nitrogens with one attached hydrogen (secondary N) is 2. The highest BCUT2D eigenvalue weighted by atomic mass is 16.3. The molecule has 1 atom stereocenters. The predicted octanol–water partition coefficient (Wildman–Crippen LogP) is 2.66. The summed E-state index contributed by atoms with van der Waals surface area (Å²) in [6.45, 7) is 7.03. The van der Waals surface area contributed by atoms with Crippen LogP contribution in [-0.4, -0.2) is 48.3 Å². The molecule has 1 aliphatic rings. The molecule has 1 aromatic carbocycles. The third-order valence-electron chi connectivity index (χ3n) is 4.51. The van der Waals surface area contributed by atoms with Crippen molar-refractivity contribution in [3.8, 4) is 0 Å². The zero-order valence-corrected chi connectivity index (χ0v) is 14.3. The molecule has 3 N–H and O–H groups in total. The van der Waals surface area contributed by atoms with Crippen LogP contribution in [0.1, 0.15) is 36.8 Å². The third kappa shape index (κ3) is 5.52. The number of carbonyl (C=O) groups excluding carboxylic acids is 1. The van der Waals surface area contributed by atoms with Gasteiger partial charge < -0.3 is 15.7 Å². The van der Waals surface area contributed by atoms with Crippen molar-refractivity contribution in [1.82, 2.24) is 10.2 Å². The lowest BCUT2D eigenvalue weighted by Gasteiger charge is -2.22. The number of benzene rings is 1. The summed E-state index contributed by atoms with van der Waals surface area (Å²) < 4.78 is 0. The van der Waals surface area contributed by atoms with Gasteiger partial charge in [-0.05, 0) is 69.8 Å². The lowest BCUT2D eigenvalue weighted by molar-refractivity contribution is 0.157. The van der Waals surface area contributed by atoms with Crippen molar-refractivity contribution in [2.45, 2.75) is 45.6 Å². The number of likely N-dealkylation sites (tertiary alicyclic amines) is 1. The number of nitrogens with zero attached hydrogens (tertiary/aromatic N) is 1. The highest BCUT2D eigenvalue weighted by Crippen LogP contribution is 2.17. The molecule has 0 saturated carbocycles. The normalized spacial score (nSPS) is 18.1. The number of aliphatic hydroxyl groups is 1. The van der Waals surface area contributed by atoms with Crippen LogP contribution in [0.3, 0.4) is 0 Å². The molecule has 1 aliphatic heterocycles. The fraction of sp³-hybridized carbons (Fsp3) is 0.611. The zero-order chi connectivity index (χ0) is 16.7. The quantitative estimate of drug-likeness (QED) is 0.677. The molecule has 1 fully saturated rings. The van der Waals surface area contributed by atoms with Crippen molar-refractivity contribution < 1.29 is 9.90 Å². The van der Waals surface area contributed by atoms with Crippen LogP contribution in [0, 0.1) is 13.8 Å². The fourth-order valence-electron chi connectivity index (χ4n) is 3.08. The van der Waals surface area contributed by atoms with Gasteiger partial charge in [0.05, 0.1) is 6.61 Å². The number of amides is 2. The van der Waals surface area contributed by atoms with Crippen molar-refractivity contribution in [2.75, 3.05) is 31.6 Å².